The van der Waals surface area contributed by atoms with Crippen molar-refractivity contribution in [2.24, 2.45) is 0 Å². The normalized spacial score (nSPS) is 12.3. The highest BCUT2D eigenvalue weighted by molar-refractivity contribution is 6.26. The van der Waals surface area contributed by atoms with Gasteiger partial charge in [-0.3, -0.25) is 4.57 Å². The van der Waals surface area contributed by atoms with E-state index in [-0.39, 0.29) is 0 Å². The molecule has 0 saturated heterocycles. The summed E-state index contributed by atoms with van der Waals surface area (Å²) in [5.74, 6) is 1.63. The molecule has 0 spiro atoms. The van der Waals surface area contributed by atoms with Gasteiger partial charge in [0, 0.05) is 65.3 Å². The minimum Gasteiger partial charge on any atom is -0.464 e. The molecule has 6 heterocycles. The van der Waals surface area contributed by atoms with Crippen LogP contribution in [0.5, 0.6) is 0 Å². The van der Waals surface area contributed by atoms with Crippen LogP contribution < -0.4 is 0 Å². The molecule has 8 nitrogen and oxygen atoms in total. The van der Waals surface area contributed by atoms with E-state index in [4.69, 9.17) is 28.2 Å². The summed E-state index contributed by atoms with van der Waals surface area (Å²) in [6, 6.07) is 58.6. The van der Waals surface area contributed by atoms with Crippen LogP contribution in [0.15, 0.2) is 189 Å². The summed E-state index contributed by atoms with van der Waals surface area (Å²) < 4.78 is 22.8. The number of aromatic nitrogens is 5. The Labute approximate surface area is 345 Å². The fourth-order valence-electron chi connectivity index (χ4n) is 9.54. The van der Waals surface area contributed by atoms with Crippen molar-refractivity contribution < 1.29 is 13.3 Å². The minimum atomic E-state index is 0.516. The molecule has 6 aromatic heterocycles. The molecular formula is C53H29N5O3. The maximum Gasteiger partial charge on any atom is 0.238 e. The highest BCUT2D eigenvalue weighted by atomic mass is 16.3. The Bertz CT molecular complexity index is 4010. The zero-order valence-corrected chi connectivity index (χ0v) is 32.2. The number of furan rings is 3. The number of rotatable bonds is 4. The first-order valence-corrected chi connectivity index (χ1v) is 20.2. The highest BCUT2D eigenvalue weighted by Crippen LogP contribution is 2.43. The molecule has 0 fully saturated rings. The Kier molecular flexibility index (Phi) is 6.40. The monoisotopic (exact) mass is 783 g/mol. The first-order valence-electron chi connectivity index (χ1n) is 20.2. The molecule has 0 N–H and O–H groups in total. The van der Waals surface area contributed by atoms with Crippen LogP contribution in [-0.2, 0) is 0 Å². The number of benzene rings is 8. The lowest BCUT2D eigenvalue weighted by Crippen LogP contribution is -2.06. The Morgan fingerprint density at radius 3 is 1.64 bits per heavy atom. The van der Waals surface area contributed by atoms with Gasteiger partial charge in [-0.05, 0) is 91.0 Å². The summed E-state index contributed by atoms with van der Waals surface area (Å²) in [4.78, 5) is 15.9. The smallest absolute Gasteiger partial charge is 0.238 e. The first kappa shape index (κ1) is 32.5. The molecule has 14 rings (SSSR count). The average molecular weight is 784 g/mol. The van der Waals surface area contributed by atoms with E-state index in [2.05, 4.69) is 112 Å². The first-order chi connectivity index (χ1) is 30.2. The number of hydrogen-bond donors (Lipinski definition) is 0. The van der Waals surface area contributed by atoms with Crippen molar-refractivity contribution in [3.05, 3.63) is 176 Å². The minimum absolute atomic E-state index is 0.516. The van der Waals surface area contributed by atoms with Crippen LogP contribution in [-0.4, -0.2) is 24.1 Å². The predicted molar refractivity (Wildman–Crippen MR) is 244 cm³/mol. The van der Waals surface area contributed by atoms with Gasteiger partial charge in [-0.25, -0.2) is 4.98 Å². The van der Waals surface area contributed by atoms with Crippen LogP contribution in [0, 0.1) is 0 Å². The van der Waals surface area contributed by atoms with E-state index in [0.717, 1.165) is 110 Å². The van der Waals surface area contributed by atoms with Crippen LogP contribution in [0.25, 0.3) is 133 Å². The van der Waals surface area contributed by atoms with Crippen LogP contribution in [0.1, 0.15) is 0 Å². The molecule has 284 valence electrons. The third-order valence-corrected chi connectivity index (χ3v) is 12.3. The van der Waals surface area contributed by atoms with E-state index in [1.165, 1.54) is 5.39 Å². The lowest BCUT2D eigenvalue weighted by molar-refractivity contribution is 0.616. The van der Waals surface area contributed by atoms with Crippen molar-refractivity contribution in [1.82, 2.24) is 24.1 Å². The van der Waals surface area contributed by atoms with E-state index in [1.54, 1.807) is 6.26 Å². The molecule has 0 unspecified atom stereocenters. The number of hydrogen-bond acceptors (Lipinski definition) is 6. The number of para-hydroxylation sites is 4. The van der Waals surface area contributed by atoms with Gasteiger partial charge in [0.05, 0.1) is 28.3 Å². The van der Waals surface area contributed by atoms with E-state index in [0.29, 0.717) is 17.6 Å². The molecule has 8 heteroatoms. The molecule has 0 atom stereocenters. The van der Waals surface area contributed by atoms with Crippen molar-refractivity contribution in [3.8, 4) is 34.4 Å². The largest absolute Gasteiger partial charge is 0.464 e. The molecule has 0 amide bonds. The summed E-state index contributed by atoms with van der Waals surface area (Å²) in [5, 5.41) is 9.68. The maximum absolute atomic E-state index is 6.23. The molecular weight excluding hydrogens is 755 g/mol. The summed E-state index contributed by atoms with van der Waals surface area (Å²) in [7, 11) is 0. The fraction of sp³-hybridized carbons (Fsp3) is 0. The van der Waals surface area contributed by atoms with Gasteiger partial charge in [-0.1, -0.05) is 78.9 Å². The van der Waals surface area contributed by atoms with Crippen molar-refractivity contribution in [2.45, 2.75) is 0 Å². The van der Waals surface area contributed by atoms with Crippen LogP contribution in [0.3, 0.4) is 0 Å². The zero-order chi connectivity index (χ0) is 39.8. The molecule has 14 aromatic rings. The second kappa shape index (κ2) is 12.0. The predicted octanol–water partition coefficient (Wildman–Crippen LogP) is 13.9. The molecule has 0 aliphatic heterocycles. The molecule has 0 saturated carbocycles. The van der Waals surface area contributed by atoms with Crippen LogP contribution >= 0.6 is 0 Å². The molecule has 0 aliphatic rings. The maximum atomic E-state index is 6.23. The Hall–Kier alpha value is -8.49. The van der Waals surface area contributed by atoms with Gasteiger partial charge in [0.15, 0.2) is 11.6 Å². The topological polar surface area (TPSA) is 88.0 Å². The number of fused-ring (bicyclic) bond motifs is 14. The third-order valence-electron chi connectivity index (χ3n) is 12.3. The van der Waals surface area contributed by atoms with Gasteiger partial charge in [-0.2, -0.15) is 9.97 Å². The lowest BCUT2D eigenvalue weighted by atomic mass is 10.1. The Balaban J connectivity index is 1.08. The quantitative estimate of drug-likeness (QED) is 0.177. The fourth-order valence-corrected chi connectivity index (χ4v) is 9.54. The van der Waals surface area contributed by atoms with E-state index in [9.17, 15) is 0 Å². The number of nitrogens with zero attached hydrogens (tertiary/aromatic N) is 5. The van der Waals surface area contributed by atoms with Gasteiger partial charge < -0.3 is 17.8 Å². The van der Waals surface area contributed by atoms with Crippen molar-refractivity contribution in [2.75, 3.05) is 0 Å². The Morgan fingerprint density at radius 1 is 0.377 bits per heavy atom. The summed E-state index contributed by atoms with van der Waals surface area (Å²) >= 11 is 0. The van der Waals surface area contributed by atoms with Gasteiger partial charge in [0.1, 0.15) is 27.9 Å². The zero-order valence-electron chi connectivity index (χ0n) is 32.2. The lowest BCUT2D eigenvalue weighted by Gasteiger charge is -2.12. The standard InChI is InChI=1S/C53H29N5O3/c1-5-13-41-34(9-1)37-20-21-43-49(50(37)57(41)33-19-24-44-30(27-33)25-26-59-44)38-12-2-6-14-42(38)58(43)53-55-51(31-17-22-47-39(28-31)35-10-3-7-15-45(35)60-47)54-52(56-53)32-18-23-48-40(29-32)36-11-4-8-16-46(36)61-48/h1-29H. The second-order valence-electron chi connectivity index (χ2n) is 15.6. The SMILES string of the molecule is c1ccc2c(c1)oc1ccc(-c3nc(-c4ccc5oc6ccccc6c5c4)nc(-n4c5ccccc5c5c4ccc4c6ccccc6n(-c6ccc7occc7c6)c45)n3)cc12. The second-order valence-corrected chi connectivity index (χ2v) is 15.6. The van der Waals surface area contributed by atoms with Gasteiger partial charge in [-0.15, -0.1) is 0 Å². The van der Waals surface area contributed by atoms with Gasteiger partial charge >= 0.3 is 0 Å². The molecule has 61 heavy (non-hydrogen) atoms. The third kappa shape index (κ3) is 4.61. The van der Waals surface area contributed by atoms with Gasteiger partial charge in [0.2, 0.25) is 5.95 Å². The summed E-state index contributed by atoms with van der Waals surface area (Å²) in [5.41, 5.74) is 11.1. The molecule has 0 aliphatic carbocycles. The molecule has 8 aromatic carbocycles. The summed E-state index contributed by atoms with van der Waals surface area (Å²) in [6.07, 6.45) is 1.74. The van der Waals surface area contributed by atoms with E-state index in [1.807, 2.05) is 66.7 Å². The summed E-state index contributed by atoms with van der Waals surface area (Å²) in [6.45, 7) is 0. The molecule has 0 radical (unpaired) electrons. The average Bonchev–Trinajstić information content (AvgIpc) is 4.14. The van der Waals surface area contributed by atoms with E-state index >= 15 is 0 Å². The van der Waals surface area contributed by atoms with E-state index < -0.39 is 0 Å². The van der Waals surface area contributed by atoms with Crippen molar-refractivity contribution in [1.29, 1.82) is 0 Å². The van der Waals surface area contributed by atoms with Crippen molar-refractivity contribution >= 4 is 98.5 Å². The Morgan fingerprint density at radius 2 is 0.951 bits per heavy atom. The van der Waals surface area contributed by atoms with Crippen molar-refractivity contribution in [3.63, 3.8) is 0 Å². The molecule has 0 bridgehead atoms. The van der Waals surface area contributed by atoms with Gasteiger partial charge in [0.25, 0.3) is 0 Å². The van der Waals surface area contributed by atoms with Crippen LogP contribution in [0.2, 0.25) is 0 Å². The van der Waals surface area contributed by atoms with Crippen LogP contribution in [0.4, 0.5) is 0 Å². The highest BCUT2D eigenvalue weighted by Gasteiger charge is 2.24.